The number of ether oxygens (including phenoxy) is 1. The number of hydrogen-bond acceptors (Lipinski definition) is 4. The van der Waals surface area contributed by atoms with Crippen LogP contribution in [0.4, 0.5) is 0 Å². The van der Waals surface area contributed by atoms with E-state index >= 15 is 0 Å². The third-order valence-electron chi connectivity index (χ3n) is 4.85. The molecule has 0 aromatic heterocycles. The number of methoxy groups -OCH3 is 1. The minimum atomic E-state index is 0. The van der Waals surface area contributed by atoms with Gasteiger partial charge in [-0.25, -0.2) is 4.99 Å². The van der Waals surface area contributed by atoms with Crippen LogP contribution in [0, 0.1) is 0 Å². The number of aliphatic imine (C=N–C) groups is 1. The molecule has 3 rings (SSSR count). The molecule has 2 aliphatic heterocycles. The normalized spacial score (nSPS) is 20.3. The maximum absolute atomic E-state index is 10.1. The molecule has 0 spiro atoms. The molecule has 0 bridgehead atoms. The SMILES string of the molecule is CCNC(=NCc1cc(OC)ccc1O)N1CCC(N2CC=CC2)C1.I. The summed E-state index contributed by atoms with van der Waals surface area (Å²) in [6.07, 6.45) is 5.65. The Hall–Kier alpha value is -1.48. The fraction of sp³-hybridized carbons (Fsp3) is 0.526. The minimum Gasteiger partial charge on any atom is -0.508 e. The molecular formula is C19H29IN4O2. The van der Waals surface area contributed by atoms with Crippen molar-refractivity contribution < 1.29 is 9.84 Å². The van der Waals surface area contributed by atoms with Gasteiger partial charge in [0.15, 0.2) is 5.96 Å². The molecule has 0 aliphatic carbocycles. The number of guanidine groups is 1. The van der Waals surface area contributed by atoms with Gasteiger partial charge in [-0.15, -0.1) is 24.0 Å². The zero-order chi connectivity index (χ0) is 17.6. The lowest BCUT2D eigenvalue weighted by Crippen LogP contribution is -2.42. The van der Waals surface area contributed by atoms with Crippen LogP contribution in [-0.4, -0.2) is 66.7 Å². The monoisotopic (exact) mass is 472 g/mol. The largest absolute Gasteiger partial charge is 0.508 e. The lowest BCUT2D eigenvalue weighted by atomic mass is 10.2. The second-order valence-corrected chi connectivity index (χ2v) is 6.48. The van der Waals surface area contributed by atoms with Gasteiger partial charge in [0.2, 0.25) is 0 Å². The molecule has 6 nitrogen and oxygen atoms in total. The van der Waals surface area contributed by atoms with E-state index in [4.69, 9.17) is 9.73 Å². The molecule has 0 saturated carbocycles. The van der Waals surface area contributed by atoms with Crippen LogP contribution >= 0.6 is 24.0 Å². The highest BCUT2D eigenvalue weighted by Crippen LogP contribution is 2.24. The Labute approximate surface area is 172 Å². The van der Waals surface area contributed by atoms with Crippen molar-refractivity contribution in [3.05, 3.63) is 35.9 Å². The van der Waals surface area contributed by atoms with Gasteiger partial charge in [0, 0.05) is 44.3 Å². The molecule has 144 valence electrons. The first-order valence-corrected chi connectivity index (χ1v) is 8.99. The van der Waals surface area contributed by atoms with Crippen LogP contribution in [0.15, 0.2) is 35.3 Å². The number of hydrogen-bond donors (Lipinski definition) is 2. The molecule has 1 saturated heterocycles. The number of nitrogens with one attached hydrogen (secondary N) is 1. The fourth-order valence-corrected chi connectivity index (χ4v) is 3.43. The van der Waals surface area contributed by atoms with E-state index in [-0.39, 0.29) is 29.7 Å². The van der Waals surface area contributed by atoms with Crippen LogP contribution in [0.1, 0.15) is 18.9 Å². The number of aromatic hydroxyl groups is 1. The van der Waals surface area contributed by atoms with Crippen LogP contribution in [0.3, 0.4) is 0 Å². The number of phenols is 1. The number of likely N-dealkylation sites (tertiary alicyclic amines) is 1. The van der Waals surface area contributed by atoms with E-state index in [0.29, 0.717) is 12.6 Å². The Kier molecular flexibility index (Phi) is 8.02. The van der Waals surface area contributed by atoms with Crippen molar-refractivity contribution >= 4 is 29.9 Å². The zero-order valence-electron chi connectivity index (χ0n) is 15.5. The Morgan fingerprint density at radius 2 is 2.12 bits per heavy atom. The average molecular weight is 472 g/mol. The highest BCUT2D eigenvalue weighted by Gasteiger charge is 2.29. The Morgan fingerprint density at radius 1 is 1.35 bits per heavy atom. The van der Waals surface area contributed by atoms with Gasteiger partial charge in [0.1, 0.15) is 11.5 Å². The molecule has 2 N–H and O–H groups in total. The van der Waals surface area contributed by atoms with Gasteiger partial charge in [0.05, 0.1) is 13.7 Å². The third kappa shape index (κ3) is 5.03. The molecule has 2 heterocycles. The van der Waals surface area contributed by atoms with Crippen LogP contribution in [0.25, 0.3) is 0 Å². The minimum absolute atomic E-state index is 0. The predicted octanol–water partition coefficient (Wildman–Crippen LogP) is 2.43. The van der Waals surface area contributed by atoms with Crippen molar-refractivity contribution in [3.63, 3.8) is 0 Å². The molecule has 1 aromatic carbocycles. The summed E-state index contributed by atoms with van der Waals surface area (Å²) in [4.78, 5) is 9.58. The molecule has 26 heavy (non-hydrogen) atoms. The second kappa shape index (κ2) is 10.0. The van der Waals surface area contributed by atoms with Gasteiger partial charge >= 0.3 is 0 Å². The Bertz CT molecular complexity index is 642. The molecule has 1 atom stereocenters. The number of rotatable bonds is 5. The molecule has 2 aliphatic rings. The smallest absolute Gasteiger partial charge is 0.194 e. The quantitative estimate of drug-likeness (QED) is 0.299. The summed E-state index contributed by atoms with van der Waals surface area (Å²) in [5.74, 6) is 1.90. The molecule has 0 amide bonds. The maximum Gasteiger partial charge on any atom is 0.194 e. The standard InChI is InChI=1S/C19H28N4O2.HI/c1-3-20-19(21-13-15-12-17(25-2)6-7-18(15)24)23-11-8-16(14-23)22-9-4-5-10-22;/h4-7,12,16,24H,3,8-11,13-14H2,1-2H3,(H,20,21);1H. The predicted molar refractivity (Wildman–Crippen MR) is 116 cm³/mol. The highest BCUT2D eigenvalue weighted by molar-refractivity contribution is 14.0. The third-order valence-corrected chi connectivity index (χ3v) is 4.85. The summed E-state index contributed by atoms with van der Waals surface area (Å²) in [5, 5.41) is 13.4. The summed E-state index contributed by atoms with van der Waals surface area (Å²) >= 11 is 0. The lowest BCUT2D eigenvalue weighted by Gasteiger charge is -2.25. The number of benzene rings is 1. The van der Waals surface area contributed by atoms with Gasteiger partial charge in [0.25, 0.3) is 0 Å². The van der Waals surface area contributed by atoms with Gasteiger partial charge in [-0.3, -0.25) is 4.90 Å². The first-order chi connectivity index (χ1) is 12.2. The molecule has 7 heteroatoms. The van der Waals surface area contributed by atoms with Crippen molar-refractivity contribution in [1.29, 1.82) is 0 Å². The van der Waals surface area contributed by atoms with Crippen molar-refractivity contribution in [3.8, 4) is 11.5 Å². The van der Waals surface area contributed by atoms with Gasteiger partial charge in [-0.2, -0.15) is 0 Å². The molecule has 1 unspecified atom stereocenters. The first-order valence-electron chi connectivity index (χ1n) is 8.99. The zero-order valence-corrected chi connectivity index (χ0v) is 17.8. The topological polar surface area (TPSA) is 60.3 Å². The van der Waals surface area contributed by atoms with Gasteiger partial charge in [-0.05, 0) is 31.5 Å². The number of phenolic OH excluding ortho intramolecular Hbond substituents is 1. The van der Waals surface area contributed by atoms with E-state index in [0.717, 1.165) is 56.4 Å². The summed E-state index contributed by atoms with van der Waals surface area (Å²) < 4.78 is 5.24. The van der Waals surface area contributed by atoms with Gasteiger partial charge < -0.3 is 20.1 Å². The molecular weight excluding hydrogens is 443 g/mol. The van der Waals surface area contributed by atoms with Crippen LogP contribution in [0.2, 0.25) is 0 Å². The molecule has 1 aromatic rings. The van der Waals surface area contributed by atoms with Crippen molar-refractivity contribution in [2.24, 2.45) is 4.99 Å². The van der Waals surface area contributed by atoms with E-state index < -0.39 is 0 Å². The summed E-state index contributed by atoms with van der Waals surface area (Å²) in [5.41, 5.74) is 0.772. The van der Waals surface area contributed by atoms with E-state index in [1.165, 1.54) is 0 Å². The first kappa shape index (κ1) is 20.8. The van der Waals surface area contributed by atoms with Crippen molar-refractivity contribution in [1.82, 2.24) is 15.1 Å². The number of nitrogens with zero attached hydrogens (tertiary/aromatic N) is 3. The van der Waals surface area contributed by atoms with Crippen LogP contribution in [-0.2, 0) is 6.54 Å². The maximum atomic E-state index is 10.1. The summed E-state index contributed by atoms with van der Waals surface area (Å²) in [7, 11) is 1.63. The summed E-state index contributed by atoms with van der Waals surface area (Å²) in [6.45, 7) is 7.46. The fourth-order valence-electron chi connectivity index (χ4n) is 3.43. The van der Waals surface area contributed by atoms with E-state index in [2.05, 4.69) is 34.2 Å². The van der Waals surface area contributed by atoms with Crippen LogP contribution < -0.4 is 10.1 Å². The van der Waals surface area contributed by atoms with E-state index in [9.17, 15) is 5.11 Å². The molecule has 0 radical (unpaired) electrons. The summed E-state index contributed by atoms with van der Waals surface area (Å²) in [6, 6.07) is 5.83. The number of halogens is 1. The highest BCUT2D eigenvalue weighted by atomic mass is 127. The van der Waals surface area contributed by atoms with E-state index in [1.54, 1.807) is 19.2 Å². The van der Waals surface area contributed by atoms with Crippen LogP contribution in [0.5, 0.6) is 11.5 Å². The Morgan fingerprint density at radius 3 is 2.81 bits per heavy atom. The second-order valence-electron chi connectivity index (χ2n) is 6.48. The lowest BCUT2D eigenvalue weighted by molar-refractivity contribution is 0.259. The van der Waals surface area contributed by atoms with Gasteiger partial charge in [-0.1, -0.05) is 12.2 Å². The van der Waals surface area contributed by atoms with Crippen molar-refractivity contribution in [2.45, 2.75) is 25.9 Å². The Balaban J connectivity index is 0.00000243. The average Bonchev–Trinajstić information content (AvgIpc) is 3.31. The molecule has 1 fully saturated rings. The van der Waals surface area contributed by atoms with E-state index in [1.807, 2.05) is 6.07 Å². The van der Waals surface area contributed by atoms with Crippen molar-refractivity contribution in [2.75, 3.05) is 39.8 Å².